The van der Waals surface area contributed by atoms with Gasteiger partial charge in [-0.05, 0) is 44.5 Å². The number of nitriles is 1. The lowest BCUT2D eigenvalue weighted by Crippen LogP contribution is -2.46. The fourth-order valence-corrected chi connectivity index (χ4v) is 3.23. The summed E-state index contributed by atoms with van der Waals surface area (Å²) in [6, 6.07) is 6.45. The van der Waals surface area contributed by atoms with Crippen molar-refractivity contribution in [3.05, 3.63) is 23.9 Å². The maximum absolute atomic E-state index is 8.97. The van der Waals surface area contributed by atoms with Gasteiger partial charge in [-0.3, -0.25) is 0 Å². The molecule has 0 aliphatic carbocycles. The first kappa shape index (κ1) is 11.5. The average molecular weight is 242 g/mol. The number of likely N-dealkylation sites (tertiary alicyclic amines) is 1. The highest BCUT2D eigenvalue weighted by Gasteiger charge is 2.37. The van der Waals surface area contributed by atoms with Crippen LogP contribution in [0.1, 0.15) is 18.4 Å². The van der Waals surface area contributed by atoms with Gasteiger partial charge in [-0.1, -0.05) is 0 Å². The summed E-state index contributed by atoms with van der Waals surface area (Å²) in [6.07, 6.45) is 4.29. The van der Waals surface area contributed by atoms with Gasteiger partial charge < -0.3 is 9.80 Å². The van der Waals surface area contributed by atoms with Crippen LogP contribution in [0.4, 0.5) is 5.82 Å². The first-order chi connectivity index (χ1) is 8.78. The van der Waals surface area contributed by atoms with Crippen LogP contribution in [0.25, 0.3) is 0 Å². The molecule has 0 spiro atoms. The third-order valence-corrected chi connectivity index (χ3v) is 4.23. The Morgan fingerprint density at radius 3 is 3.06 bits per heavy atom. The lowest BCUT2D eigenvalue weighted by Gasteiger charge is -2.37. The van der Waals surface area contributed by atoms with Crippen molar-refractivity contribution in [3.8, 4) is 6.07 Å². The summed E-state index contributed by atoms with van der Waals surface area (Å²) < 4.78 is 0. The van der Waals surface area contributed by atoms with Crippen LogP contribution in [0, 0.1) is 17.2 Å². The summed E-state index contributed by atoms with van der Waals surface area (Å²) >= 11 is 0. The van der Waals surface area contributed by atoms with Crippen molar-refractivity contribution in [2.45, 2.75) is 18.9 Å². The molecule has 1 aromatic heterocycles. The molecule has 0 N–H and O–H groups in total. The van der Waals surface area contributed by atoms with Crippen molar-refractivity contribution in [2.75, 3.05) is 31.6 Å². The summed E-state index contributed by atoms with van der Waals surface area (Å²) in [6.45, 7) is 3.40. The van der Waals surface area contributed by atoms with Gasteiger partial charge in [-0.25, -0.2) is 4.98 Å². The minimum absolute atomic E-state index is 0.574. The number of hydrogen-bond acceptors (Lipinski definition) is 4. The minimum atomic E-state index is 0.574. The second kappa shape index (κ2) is 4.58. The molecule has 4 nitrogen and oxygen atoms in total. The lowest BCUT2D eigenvalue weighted by molar-refractivity contribution is 0.208. The van der Waals surface area contributed by atoms with E-state index in [-0.39, 0.29) is 0 Å². The van der Waals surface area contributed by atoms with Crippen molar-refractivity contribution in [3.63, 3.8) is 0 Å². The SMILES string of the molecule is CN1CC[C@@H]2CCN(c3cc(C#N)ccn3)[C@@H]2C1. The van der Waals surface area contributed by atoms with Gasteiger partial charge in [0, 0.05) is 25.3 Å². The second-order valence-electron chi connectivity index (χ2n) is 5.37. The van der Waals surface area contributed by atoms with Gasteiger partial charge in [0.2, 0.25) is 0 Å². The molecule has 0 radical (unpaired) electrons. The Morgan fingerprint density at radius 2 is 2.22 bits per heavy atom. The van der Waals surface area contributed by atoms with Gasteiger partial charge >= 0.3 is 0 Å². The smallest absolute Gasteiger partial charge is 0.130 e. The van der Waals surface area contributed by atoms with Gasteiger partial charge in [0.15, 0.2) is 0 Å². The Kier molecular flexibility index (Phi) is 2.92. The van der Waals surface area contributed by atoms with Crippen molar-refractivity contribution in [2.24, 2.45) is 5.92 Å². The molecule has 0 aromatic carbocycles. The van der Waals surface area contributed by atoms with E-state index in [1.807, 2.05) is 6.07 Å². The molecule has 4 heteroatoms. The predicted molar refractivity (Wildman–Crippen MR) is 70.3 cm³/mol. The largest absolute Gasteiger partial charge is 0.352 e. The molecule has 3 heterocycles. The number of nitrogens with zero attached hydrogens (tertiary/aromatic N) is 4. The quantitative estimate of drug-likeness (QED) is 0.748. The molecule has 1 aromatic rings. The Balaban J connectivity index is 1.85. The normalized spacial score (nSPS) is 27.9. The highest BCUT2D eigenvalue weighted by atomic mass is 15.3. The highest BCUT2D eigenvalue weighted by Crippen LogP contribution is 2.33. The zero-order valence-corrected chi connectivity index (χ0v) is 10.7. The zero-order chi connectivity index (χ0) is 12.5. The summed E-state index contributed by atoms with van der Waals surface area (Å²) in [7, 11) is 2.19. The van der Waals surface area contributed by atoms with E-state index in [2.05, 4.69) is 27.9 Å². The molecular formula is C14H18N4. The molecule has 18 heavy (non-hydrogen) atoms. The second-order valence-corrected chi connectivity index (χ2v) is 5.37. The van der Waals surface area contributed by atoms with E-state index in [0.717, 1.165) is 24.8 Å². The predicted octanol–water partition coefficient (Wildman–Crippen LogP) is 1.48. The molecule has 0 bridgehead atoms. The lowest BCUT2D eigenvalue weighted by atomic mass is 9.92. The summed E-state index contributed by atoms with van der Waals surface area (Å²) in [5.41, 5.74) is 0.701. The average Bonchev–Trinajstić information content (AvgIpc) is 2.81. The highest BCUT2D eigenvalue weighted by molar-refractivity contribution is 5.47. The molecule has 0 saturated carbocycles. The number of fused-ring (bicyclic) bond motifs is 1. The van der Waals surface area contributed by atoms with E-state index in [0.29, 0.717) is 11.6 Å². The van der Waals surface area contributed by atoms with Gasteiger partial charge in [0.25, 0.3) is 0 Å². The molecule has 3 rings (SSSR count). The van der Waals surface area contributed by atoms with Gasteiger partial charge in [-0.15, -0.1) is 0 Å². The molecule has 2 aliphatic rings. The van der Waals surface area contributed by atoms with E-state index < -0.39 is 0 Å². The monoisotopic (exact) mass is 242 g/mol. The van der Waals surface area contributed by atoms with Crippen LogP contribution in [0.3, 0.4) is 0 Å². The minimum Gasteiger partial charge on any atom is -0.352 e. The standard InChI is InChI=1S/C14H18N4/c1-17-6-3-12-4-7-18(13(12)10-17)14-8-11(9-15)2-5-16-14/h2,5,8,12-13H,3-4,6-7,10H2,1H3/t12-,13-/m1/s1. The molecule has 94 valence electrons. The molecular weight excluding hydrogens is 224 g/mol. The molecule has 0 amide bonds. The van der Waals surface area contributed by atoms with Crippen molar-refractivity contribution in [1.29, 1.82) is 5.26 Å². The third kappa shape index (κ3) is 1.95. The van der Waals surface area contributed by atoms with Crippen LogP contribution in [-0.4, -0.2) is 42.6 Å². The Hall–Kier alpha value is -1.60. The van der Waals surface area contributed by atoms with E-state index in [9.17, 15) is 0 Å². The Bertz CT molecular complexity index is 479. The van der Waals surface area contributed by atoms with Crippen molar-refractivity contribution < 1.29 is 0 Å². The van der Waals surface area contributed by atoms with Gasteiger partial charge in [0.05, 0.1) is 11.6 Å². The topological polar surface area (TPSA) is 43.2 Å². The fourth-order valence-electron chi connectivity index (χ4n) is 3.23. The van der Waals surface area contributed by atoms with Crippen LogP contribution in [0.15, 0.2) is 18.3 Å². The number of rotatable bonds is 1. The van der Waals surface area contributed by atoms with Crippen LogP contribution < -0.4 is 4.90 Å². The maximum atomic E-state index is 8.97. The number of anilines is 1. The summed E-state index contributed by atoms with van der Waals surface area (Å²) in [5.74, 6) is 1.77. The third-order valence-electron chi connectivity index (χ3n) is 4.23. The zero-order valence-electron chi connectivity index (χ0n) is 10.7. The van der Waals surface area contributed by atoms with E-state index in [1.165, 1.54) is 19.4 Å². The molecule has 0 unspecified atom stereocenters. The van der Waals surface area contributed by atoms with Gasteiger partial charge in [-0.2, -0.15) is 5.26 Å². The Morgan fingerprint density at radius 1 is 1.39 bits per heavy atom. The first-order valence-corrected chi connectivity index (χ1v) is 6.59. The molecule has 2 fully saturated rings. The van der Waals surface area contributed by atoms with Crippen molar-refractivity contribution >= 4 is 5.82 Å². The number of hydrogen-bond donors (Lipinski definition) is 0. The number of piperidine rings is 1. The van der Waals surface area contributed by atoms with Crippen LogP contribution >= 0.6 is 0 Å². The molecule has 2 saturated heterocycles. The van der Waals surface area contributed by atoms with E-state index >= 15 is 0 Å². The van der Waals surface area contributed by atoms with Crippen LogP contribution in [0.2, 0.25) is 0 Å². The number of pyridine rings is 1. The summed E-state index contributed by atoms with van der Waals surface area (Å²) in [5, 5.41) is 8.97. The van der Waals surface area contributed by atoms with Crippen LogP contribution in [-0.2, 0) is 0 Å². The number of likely N-dealkylation sites (N-methyl/N-ethyl adjacent to an activating group) is 1. The fraction of sp³-hybridized carbons (Fsp3) is 0.571. The van der Waals surface area contributed by atoms with E-state index in [1.54, 1.807) is 12.3 Å². The van der Waals surface area contributed by atoms with E-state index in [4.69, 9.17) is 5.26 Å². The maximum Gasteiger partial charge on any atom is 0.130 e. The first-order valence-electron chi connectivity index (χ1n) is 6.59. The van der Waals surface area contributed by atoms with Crippen LogP contribution in [0.5, 0.6) is 0 Å². The molecule has 2 atom stereocenters. The molecule has 2 aliphatic heterocycles. The Labute approximate surface area is 108 Å². The van der Waals surface area contributed by atoms with Gasteiger partial charge in [0.1, 0.15) is 5.82 Å². The summed E-state index contributed by atoms with van der Waals surface area (Å²) in [4.78, 5) is 9.23. The van der Waals surface area contributed by atoms with Crippen molar-refractivity contribution in [1.82, 2.24) is 9.88 Å². The number of aromatic nitrogens is 1.